The molecule has 3 atom stereocenters. The lowest BCUT2D eigenvalue weighted by molar-refractivity contribution is -0.0107. The van der Waals surface area contributed by atoms with Crippen LogP contribution in [0.1, 0.15) is 6.23 Å². The second-order valence-electron chi connectivity index (χ2n) is 4.61. The Kier molecular flexibility index (Phi) is 3.38. The first-order valence-corrected chi connectivity index (χ1v) is 7.70. The molecule has 0 amide bonds. The first-order chi connectivity index (χ1) is 10.3. The summed E-state index contributed by atoms with van der Waals surface area (Å²) in [6, 6.07) is 0. The molecule has 0 spiro atoms. The van der Waals surface area contributed by atoms with E-state index in [2.05, 4.69) is 15.0 Å². The Hall–Kier alpha value is -2.04. The third-order valence-corrected chi connectivity index (χ3v) is 4.01. The van der Waals surface area contributed by atoms with Gasteiger partial charge in [0.05, 0.1) is 0 Å². The van der Waals surface area contributed by atoms with E-state index in [1.54, 1.807) is 0 Å². The van der Waals surface area contributed by atoms with Crippen molar-refractivity contribution in [2.24, 2.45) is 0 Å². The van der Waals surface area contributed by atoms with Crippen LogP contribution in [-0.4, -0.2) is 51.5 Å². The number of aromatic nitrogens is 4. The molecule has 0 fully saturated rings. The topological polar surface area (TPSA) is 177 Å². The number of ether oxygens (including phenoxy) is 1. The second kappa shape index (κ2) is 5.00. The van der Waals surface area contributed by atoms with E-state index >= 15 is 0 Å². The SMILES string of the molecule is Nc1ncnc2c1ncn2[C@@H]1OC(C(O)P(=O)(O)O)=C[C@H]1O. The fourth-order valence-corrected chi connectivity index (χ4v) is 2.57. The molecule has 0 radical (unpaired) electrons. The Balaban J connectivity index is 1.94. The van der Waals surface area contributed by atoms with Crippen LogP contribution in [0.2, 0.25) is 0 Å². The zero-order valence-electron chi connectivity index (χ0n) is 10.9. The quantitative estimate of drug-likeness (QED) is 0.424. The lowest BCUT2D eigenvalue weighted by Gasteiger charge is -2.19. The fraction of sp³-hybridized carbons (Fsp3) is 0.300. The first kappa shape index (κ1) is 14.9. The Morgan fingerprint density at radius 3 is 2.77 bits per heavy atom. The van der Waals surface area contributed by atoms with Crippen molar-refractivity contribution in [3.63, 3.8) is 0 Å². The number of imidazole rings is 1. The molecule has 118 valence electrons. The van der Waals surface area contributed by atoms with E-state index in [1.165, 1.54) is 17.2 Å². The molecule has 1 aliphatic heterocycles. The molecular formula is C10H12N5O6P. The van der Waals surface area contributed by atoms with Crippen molar-refractivity contribution in [3.8, 4) is 0 Å². The maximum absolute atomic E-state index is 11.1. The zero-order chi connectivity index (χ0) is 16.1. The van der Waals surface area contributed by atoms with Crippen LogP contribution in [0.4, 0.5) is 5.82 Å². The molecule has 3 heterocycles. The Labute approximate surface area is 122 Å². The summed E-state index contributed by atoms with van der Waals surface area (Å²) in [5, 5.41) is 19.5. The molecule has 0 aliphatic carbocycles. The van der Waals surface area contributed by atoms with E-state index in [0.29, 0.717) is 5.52 Å². The van der Waals surface area contributed by atoms with Gasteiger partial charge in [0.15, 0.2) is 11.5 Å². The van der Waals surface area contributed by atoms with Crippen LogP contribution in [0.5, 0.6) is 0 Å². The molecule has 11 nitrogen and oxygen atoms in total. The Morgan fingerprint density at radius 2 is 2.09 bits per heavy atom. The first-order valence-electron chi connectivity index (χ1n) is 6.02. The maximum atomic E-state index is 11.1. The van der Waals surface area contributed by atoms with Crippen LogP contribution in [0.15, 0.2) is 24.5 Å². The number of hydrogen-bond acceptors (Lipinski definition) is 8. The second-order valence-corrected chi connectivity index (χ2v) is 6.28. The molecule has 0 aromatic carbocycles. The van der Waals surface area contributed by atoms with Gasteiger partial charge in [0.25, 0.3) is 0 Å². The summed E-state index contributed by atoms with van der Waals surface area (Å²) in [6.45, 7) is 0. The van der Waals surface area contributed by atoms with Crippen molar-refractivity contribution in [1.82, 2.24) is 19.5 Å². The number of aliphatic hydroxyl groups excluding tert-OH is 2. The highest BCUT2D eigenvalue weighted by Crippen LogP contribution is 2.46. The number of rotatable bonds is 3. The van der Waals surface area contributed by atoms with Crippen LogP contribution in [0.25, 0.3) is 11.2 Å². The van der Waals surface area contributed by atoms with Gasteiger partial charge >= 0.3 is 7.60 Å². The van der Waals surface area contributed by atoms with Crippen LogP contribution < -0.4 is 5.73 Å². The van der Waals surface area contributed by atoms with Gasteiger partial charge in [-0.15, -0.1) is 0 Å². The molecular weight excluding hydrogens is 317 g/mol. The largest absolute Gasteiger partial charge is 0.468 e. The van der Waals surface area contributed by atoms with E-state index in [9.17, 15) is 14.8 Å². The summed E-state index contributed by atoms with van der Waals surface area (Å²) in [4.78, 5) is 29.7. The van der Waals surface area contributed by atoms with Gasteiger partial charge in [-0.05, 0) is 6.08 Å². The maximum Gasteiger partial charge on any atom is 0.361 e. The van der Waals surface area contributed by atoms with E-state index in [4.69, 9.17) is 20.3 Å². The predicted octanol–water partition coefficient (Wildman–Crippen LogP) is -1.32. The van der Waals surface area contributed by atoms with Crippen molar-refractivity contribution in [3.05, 3.63) is 24.5 Å². The minimum absolute atomic E-state index is 0.139. The molecule has 2 aromatic rings. The van der Waals surface area contributed by atoms with Gasteiger partial charge in [-0.1, -0.05) is 0 Å². The van der Waals surface area contributed by atoms with Gasteiger partial charge in [-0.25, -0.2) is 15.0 Å². The smallest absolute Gasteiger partial charge is 0.361 e. The highest BCUT2D eigenvalue weighted by Gasteiger charge is 2.40. The third-order valence-electron chi connectivity index (χ3n) is 3.12. The minimum atomic E-state index is -4.81. The van der Waals surface area contributed by atoms with E-state index in [1.807, 2.05) is 0 Å². The van der Waals surface area contributed by atoms with E-state index < -0.39 is 31.5 Å². The fourth-order valence-electron chi connectivity index (χ4n) is 2.09. The highest BCUT2D eigenvalue weighted by atomic mass is 31.2. The van der Waals surface area contributed by atoms with Gasteiger partial charge in [0.1, 0.15) is 30.0 Å². The Bertz CT molecular complexity index is 800. The van der Waals surface area contributed by atoms with Crippen LogP contribution in [-0.2, 0) is 9.30 Å². The normalized spacial score (nSPS) is 23.4. The number of fused-ring (bicyclic) bond motifs is 1. The summed E-state index contributed by atoms with van der Waals surface area (Å²) >= 11 is 0. The summed E-state index contributed by atoms with van der Waals surface area (Å²) in [7, 11) is -4.81. The summed E-state index contributed by atoms with van der Waals surface area (Å²) in [5.41, 5.74) is 6.22. The molecule has 2 aromatic heterocycles. The van der Waals surface area contributed by atoms with Crippen LogP contribution in [0.3, 0.4) is 0 Å². The molecule has 0 saturated carbocycles. The standard InChI is InChI=1S/C10H12N5O6P/c11-7-6-8(13-2-12-7)15(3-14-6)9-4(16)1-5(21-9)10(17)22(18,19)20/h1-4,9-10,16-17H,(H2,11,12,13)(H2,18,19,20)/t4-,9-,10?/m1/s1. The molecule has 12 heteroatoms. The molecule has 0 bridgehead atoms. The monoisotopic (exact) mass is 329 g/mol. The third kappa shape index (κ3) is 2.34. The molecule has 1 aliphatic rings. The number of aliphatic hydroxyl groups is 2. The molecule has 3 rings (SSSR count). The highest BCUT2D eigenvalue weighted by molar-refractivity contribution is 7.52. The number of anilines is 1. The number of hydrogen-bond donors (Lipinski definition) is 5. The average Bonchev–Trinajstić information content (AvgIpc) is 3.01. The van der Waals surface area contributed by atoms with Crippen molar-refractivity contribution >= 4 is 24.6 Å². The van der Waals surface area contributed by atoms with Crippen LogP contribution in [0, 0.1) is 0 Å². The lowest BCUT2D eigenvalue weighted by atomic mass is 10.3. The van der Waals surface area contributed by atoms with Gasteiger partial charge in [-0.3, -0.25) is 9.13 Å². The number of nitrogens with two attached hydrogens (primary N) is 1. The van der Waals surface area contributed by atoms with Gasteiger partial charge in [0, 0.05) is 0 Å². The minimum Gasteiger partial charge on any atom is -0.468 e. The van der Waals surface area contributed by atoms with E-state index in [0.717, 1.165) is 6.08 Å². The van der Waals surface area contributed by atoms with Crippen molar-refractivity contribution in [2.75, 3.05) is 5.73 Å². The van der Waals surface area contributed by atoms with Gasteiger partial charge < -0.3 is 30.5 Å². The van der Waals surface area contributed by atoms with Gasteiger partial charge in [-0.2, -0.15) is 0 Å². The molecule has 1 unspecified atom stereocenters. The number of nitrogens with zero attached hydrogens (tertiary/aromatic N) is 4. The van der Waals surface area contributed by atoms with Crippen molar-refractivity contribution < 1.29 is 29.3 Å². The van der Waals surface area contributed by atoms with Crippen LogP contribution >= 0.6 is 7.60 Å². The van der Waals surface area contributed by atoms with Gasteiger partial charge in [0.2, 0.25) is 12.1 Å². The zero-order valence-corrected chi connectivity index (χ0v) is 11.8. The van der Waals surface area contributed by atoms with Crippen molar-refractivity contribution in [2.45, 2.75) is 18.2 Å². The average molecular weight is 329 g/mol. The molecule has 6 N–H and O–H groups in total. The Morgan fingerprint density at radius 1 is 1.36 bits per heavy atom. The predicted molar refractivity (Wildman–Crippen MR) is 72.0 cm³/mol. The lowest BCUT2D eigenvalue weighted by Crippen LogP contribution is -2.20. The summed E-state index contributed by atoms with van der Waals surface area (Å²) in [6.07, 6.45) is 1.17. The number of nitrogen functional groups attached to an aromatic ring is 1. The molecule has 22 heavy (non-hydrogen) atoms. The summed E-state index contributed by atoms with van der Waals surface area (Å²) < 4.78 is 17.6. The molecule has 0 saturated heterocycles. The summed E-state index contributed by atoms with van der Waals surface area (Å²) in [5.74, 6) is -2.43. The van der Waals surface area contributed by atoms with E-state index in [-0.39, 0.29) is 11.5 Å². The van der Waals surface area contributed by atoms with Crippen molar-refractivity contribution in [1.29, 1.82) is 0 Å².